The summed E-state index contributed by atoms with van der Waals surface area (Å²) in [5.74, 6) is 0.294. The maximum atomic E-state index is 11.7. The largest absolute Gasteiger partial charge is 0.376 e. The van der Waals surface area contributed by atoms with Crippen LogP contribution in [0, 0.1) is 5.92 Å². The second kappa shape index (κ2) is 4.44. The number of nitrogens with zero attached hydrogens (tertiary/aromatic N) is 1. The second-order valence-corrected chi connectivity index (χ2v) is 4.14. The highest BCUT2D eigenvalue weighted by atomic mass is 16.2. The van der Waals surface area contributed by atoms with Crippen LogP contribution in [-0.2, 0) is 4.79 Å². The Kier molecular flexibility index (Phi) is 2.99. The SMILES string of the molecule is CC(C)C(=O)Nc1nc2c(c(=O)[nH]1)NCCN2. The lowest BCUT2D eigenvalue weighted by Gasteiger charge is -2.18. The number of hydrogen-bond acceptors (Lipinski definition) is 5. The predicted molar refractivity (Wildman–Crippen MR) is 65.3 cm³/mol. The van der Waals surface area contributed by atoms with Crippen LogP contribution >= 0.6 is 0 Å². The number of H-pyrrole nitrogens is 1. The first-order valence-corrected chi connectivity index (χ1v) is 5.51. The molecule has 1 aromatic heterocycles. The molecular weight excluding hydrogens is 222 g/mol. The summed E-state index contributed by atoms with van der Waals surface area (Å²) in [4.78, 5) is 29.8. The van der Waals surface area contributed by atoms with Crippen molar-refractivity contribution < 1.29 is 4.79 Å². The van der Waals surface area contributed by atoms with Crippen LogP contribution in [0.2, 0.25) is 0 Å². The van der Waals surface area contributed by atoms with Crippen molar-refractivity contribution >= 4 is 23.4 Å². The first-order valence-electron chi connectivity index (χ1n) is 5.51. The summed E-state index contributed by atoms with van der Waals surface area (Å²) in [6.45, 7) is 4.91. The molecule has 0 aromatic carbocycles. The molecule has 0 radical (unpaired) electrons. The first-order chi connectivity index (χ1) is 8.08. The number of aromatic amines is 1. The standard InChI is InChI=1S/C10H15N5O2/c1-5(2)8(16)14-10-13-7-6(9(17)15-10)11-3-4-12-7/h5,11H,3-4H2,1-2H3,(H3,12,13,14,15,16,17). The Morgan fingerprint density at radius 2 is 2.06 bits per heavy atom. The Labute approximate surface area is 98.0 Å². The maximum absolute atomic E-state index is 11.7. The third-order valence-electron chi connectivity index (χ3n) is 2.40. The van der Waals surface area contributed by atoms with E-state index in [-0.39, 0.29) is 23.3 Å². The van der Waals surface area contributed by atoms with Crippen LogP contribution in [0.5, 0.6) is 0 Å². The average molecular weight is 237 g/mol. The van der Waals surface area contributed by atoms with Crippen LogP contribution in [0.25, 0.3) is 0 Å². The van der Waals surface area contributed by atoms with Gasteiger partial charge < -0.3 is 10.6 Å². The van der Waals surface area contributed by atoms with Gasteiger partial charge >= 0.3 is 0 Å². The molecule has 0 spiro atoms. The summed E-state index contributed by atoms with van der Waals surface area (Å²) in [7, 11) is 0. The molecule has 17 heavy (non-hydrogen) atoms. The summed E-state index contributed by atoms with van der Waals surface area (Å²) in [6.07, 6.45) is 0. The molecule has 0 saturated heterocycles. The van der Waals surface area contributed by atoms with Crippen molar-refractivity contribution in [2.75, 3.05) is 29.0 Å². The van der Waals surface area contributed by atoms with E-state index in [2.05, 4.69) is 25.9 Å². The molecule has 2 heterocycles. The van der Waals surface area contributed by atoms with Crippen LogP contribution in [0.3, 0.4) is 0 Å². The number of aromatic nitrogens is 2. The monoisotopic (exact) mass is 237 g/mol. The Morgan fingerprint density at radius 1 is 1.35 bits per heavy atom. The Balaban J connectivity index is 2.28. The first kappa shape index (κ1) is 11.4. The van der Waals surface area contributed by atoms with Crippen LogP contribution < -0.4 is 21.5 Å². The number of fused-ring (bicyclic) bond motifs is 1. The topological polar surface area (TPSA) is 98.9 Å². The van der Waals surface area contributed by atoms with Crippen LogP contribution in [0.15, 0.2) is 4.79 Å². The highest BCUT2D eigenvalue weighted by molar-refractivity contribution is 5.90. The molecule has 4 N–H and O–H groups in total. The molecule has 1 amide bonds. The van der Waals surface area contributed by atoms with E-state index in [1.165, 1.54) is 0 Å². The zero-order valence-electron chi connectivity index (χ0n) is 9.76. The van der Waals surface area contributed by atoms with Gasteiger partial charge in [0, 0.05) is 19.0 Å². The van der Waals surface area contributed by atoms with Crippen molar-refractivity contribution in [1.29, 1.82) is 0 Å². The van der Waals surface area contributed by atoms with E-state index in [0.717, 1.165) is 0 Å². The average Bonchev–Trinajstić information content (AvgIpc) is 2.29. The van der Waals surface area contributed by atoms with Gasteiger partial charge in [-0.25, -0.2) is 0 Å². The predicted octanol–water partition coefficient (Wildman–Crippen LogP) is 0.202. The van der Waals surface area contributed by atoms with Gasteiger partial charge in [-0.15, -0.1) is 0 Å². The number of amides is 1. The minimum absolute atomic E-state index is 0.164. The molecule has 0 aliphatic carbocycles. The molecule has 0 atom stereocenters. The van der Waals surface area contributed by atoms with Crippen LogP contribution in [-0.4, -0.2) is 29.0 Å². The van der Waals surface area contributed by atoms with E-state index in [1.54, 1.807) is 13.8 Å². The van der Waals surface area contributed by atoms with Crippen molar-refractivity contribution in [2.45, 2.75) is 13.8 Å². The van der Waals surface area contributed by atoms with Crippen molar-refractivity contribution in [3.8, 4) is 0 Å². The highest BCUT2D eigenvalue weighted by Gasteiger charge is 2.16. The lowest BCUT2D eigenvalue weighted by atomic mass is 10.2. The van der Waals surface area contributed by atoms with Gasteiger partial charge in [-0.2, -0.15) is 4.98 Å². The maximum Gasteiger partial charge on any atom is 0.277 e. The second-order valence-electron chi connectivity index (χ2n) is 4.14. The van der Waals surface area contributed by atoms with Gasteiger partial charge in [0.15, 0.2) is 5.82 Å². The molecule has 1 aromatic rings. The number of hydrogen-bond donors (Lipinski definition) is 4. The van der Waals surface area contributed by atoms with Gasteiger partial charge in [-0.05, 0) is 0 Å². The van der Waals surface area contributed by atoms with Gasteiger partial charge in [-0.1, -0.05) is 13.8 Å². The lowest BCUT2D eigenvalue weighted by molar-refractivity contribution is -0.118. The number of carbonyl (C=O) groups excluding carboxylic acids is 1. The quantitative estimate of drug-likeness (QED) is 0.589. The van der Waals surface area contributed by atoms with Crippen LogP contribution in [0.4, 0.5) is 17.5 Å². The molecule has 92 valence electrons. The zero-order valence-corrected chi connectivity index (χ0v) is 9.76. The smallest absolute Gasteiger partial charge is 0.277 e. The minimum atomic E-state index is -0.291. The van der Waals surface area contributed by atoms with Gasteiger partial charge in [0.25, 0.3) is 5.56 Å². The normalized spacial score (nSPS) is 13.6. The molecule has 0 fully saturated rings. The molecular formula is C10H15N5O2. The molecule has 0 unspecified atom stereocenters. The third-order valence-corrected chi connectivity index (χ3v) is 2.40. The van der Waals surface area contributed by atoms with E-state index in [9.17, 15) is 9.59 Å². The number of nitrogens with one attached hydrogen (secondary N) is 4. The van der Waals surface area contributed by atoms with Crippen molar-refractivity contribution in [1.82, 2.24) is 9.97 Å². The van der Waals surface area contributed by atoms with Crippen molar-refractivity contribution in [3.05, 3.63) is 10.4 Å². The van der Waals surface area contributed by atoms with E-state index in [0.29, 0.717) is 24.6 Å². The van der Waals surface area contributed by atoms with E-state index in [4.69, 9.17) is 0 Å². The van der Waals surface area contributed by atoms with Crippen LogP contribution in [0.1, 0.15) is 13.8 Å². The summed E-state index contributed by atoms with van der Waals surface area (Å²) in [5, 5.41) is 8.51. The Morgan fingerprint density at radius 3 is 2.76 bits per heavy atom. The van der Waals surface area contributed by atoms with Gasteiger partial charge in [-0.3, -0.25) is 19.9 Å². The summed E-state index contributed by atoms with van der Waals surface area (Å²) in [5.41, 5.74) is 0.125. The van der Waals surface area contributed by atoms with E-state index < -0.39 is 0 Å². The molecule has 0 saturated carbocycles. The Bertz CT molecular complexity index is 494. The minimum Gasteiger partial charge on any atom is -0.376 e. The summed E-state index contributed by atoms with van der Waals surface area (Å²) in [6, 6.07) is 0. The fourth-order valence-electron chi connectivity index (χ4n) is 1.45. The number of rotatable bonds is 2. The fraction of sp³-hybridized carbons (Fsp3) is 0.500. The zero-order chi connectivity index (χ0) is 12.4. The summed E-state index contributed by atoms with van der Waals surface area (Å²) < 4.78 is 0. The number of anilines is 3. The molecule has 1 aliphatic rings. The molecule has 1 aliphatic heterocycles. The van der Waals surface area contributed by atoms with Gasteiger partial charge in [0.2, 0.25) is 11.9 Å². The highest BCUT2D eigenvalue weighted by Crippen LogP contribution is 2.17. The molecule has 7 heteroatoms. The molecule has 2 rings (SSSR count). The molecule has 0 bridgehead atoms. The fourth-order valence-corrected chi connectivity index (χ4v) is 1.45. The van der Waals surface area contributed by atoms with Crippen molar-refractivity contribution in [2.24, 2.45) is 5.92 Å². The van der Waals surface area contributed by atoms with E-state index in [1.807, 2.05) is 0 Å². The Hall–Kier alpha value is -2.05. The van der Waals surface area contributed by atoms with Crippen molar-refractivity contribution in [3.63, 3.8) is 0 Å². The molecule has 7 nitrogen and oxygen atoms in total. The van der Waals surface area contributed by atoms with Gasteiger partial charge in [0.05, 0.1) is 0 Å². The van der Waals surface area contributed by atoms with E-state index >= 15 is 0 Å². The number of carbonyl (C=O) groups is 1. The third kappa shape index (κ3) is 2.38. The van der Waals surface area contributed by atoms with Gasteiger partial charge in [0.1, 0.15) is 5.69 Å². The summed E-state index contributed by atoms with van der Waals surface area (Å²) >= 11 is 0. The lowest BCUT2D eigenvalue weighted by Crippen LogP contribution is -2.29.